The predicted octanol–water partition coefficient (Wildman–Crippen LogP) is 4.82. The van der Waals surface area contributed by atoms with E-state index in [-0.39, 0.29) is 0 Å². The van der Waals surface area contributed by atoms with Gasteiger partial charge in [0.1, 0.15) is 0 Å². The summed E-state index contributed by atoms with van der Waals surface area (Å²) in [7, 11) is 0. The molecule has 0 aromatic heterocycles. The van der Waals surface area contributed by atoms with E-state index in [9.17, 15) is 4.79 Å². The summed E-state index contributed by atoms with van der Waals surface area (Å²) < 4.78 is 0. The number of benzene rings is 2. The molecule has 20 heavy (non-hydrogen) atoms. The summed E-state index contributed by atoms with van der Waals surface area (Å²) in [5.41, 5.74) is 2.84. The molecule has 2 aromatic rings. The standard InChI is InChI=1S/C15H13Cl2NOS/c1-20-13-8-3-2-7-12(13)10-5-4-6-11(9-10)18-15(19)14(16)17/h2-9,14H,1H3,(H,18,19). The maximum atomic E-state index is 11.5. The Hall–Kier alpha value is -1.16. The van der Waals surface area contributed by atoms with Gasteiger partial charge in [0.2, 0.25) is 0 Å². The third-order valence-electron chi connectivity index (χ3n) is 2.75. The van der Waals surface area contributed by atoms with Crippen LogP contribution < -0.4 is 5.32 Å². The Kier molecular flexibility index (Phi) is 5.35. The predicted molar refractivity (Wildman–Crippen MR) is 87.8 cm³/mol. The van der Waals surface area contributed by atoms with E-state index in [1.807, 2.05) is 36.6 Å². The molecule has 104 valence electrons. The van der Waals surface area contributed by atoms with Gasteiger partial charge in [-0.15, -0.1) is 11.8 Å². The van der Waals surface area contributed by atoms with Crippen molar-refractivity contribution in [2.45, 2.75) is 9.73 Å². The van der Waals surface area contributed by atoms with Crippen molar-refractivity contribution < 1.29 is 4.79 Å². The highest BCUT2D eigenvalue weighted by molar-refractivity contribution is 7.98. The van der Waals surface area contributed by atoms with Crippen LogP contribution in [0.1, 0.15) is 0 Å². The number of nitrogens with one attached hydrogen (secondary N) is 1. The number of alkyl halides is 2. The first-order valence-corrected chi connectivity index (χ1v) is 8.04. The van der Waals surface area contributed by atoms with E-state index in [4.69, 9.17) is 23.2 Å². The fourth-order valence-electron chi connectivity index (χ4n) is 1.84. The van der Waals surface area contributed by atoms with Crippen molar-refractivity contribution in [1.29, 1.82) is 0 Å². The maximum absolute atomic E-state index is 11.5. The van der Waals surface area contributed by atoms with Gasteiger partial charge >= 0.3 is 0 Å². The minimum atomic E-state index is -1.07. The van der Waals surface area contributed by atoms with Crippen LogP contribution in [-0.4, -0.2) is 17.0 Å². The monoisotopic (exact) mass is 325 g/mol. The molecule has 0 fully saturated rings. The third kappa shape index (κ3) is 3.69. The molecule has 0 aliphatic rings. The van der Waals surface area contributed by atoms with Gasteiger partial charge in [-0.3, -0.25) is 4.79 Å². The minimum absolute atomic E-state index is 0.427. The molecular formula is C15H13Cl2NOS. The number of carbonyl (C=O) groups is 1. The van der Waals surface area contributed by atoms with Crippen LogP contribution in [0.3, 0.4) is 0 Å². The van der Waals surface area contributed by atoms with Crippen molar-refractivity contribution in [1.82, 2.24) is 0 Å². The summed E-state index contributed by atoms with van der Waals surface area (Å²) >= 11 is 12.8. The molecule has 1 amide bonds. The lowest BCUT2D eigenvalue weighted by atomic mass is 10.1. The molecule has 0 saturated carbocycles. The van der Waals surface area contributed by atoms with Crippen molar-refractivity contribution in [2.75, 3.05) is 11.6 Å². The topological polar surface area (TPSA) is 29.1 Å². The molecule has 0 aliphatic heterocycles. The first-order chi connectivity index (χ1) is 9.61. The summed E-state index contributed by atoms with van der Waals surface area (Å²) in [6.07, 6.45) is 2.04. The van der Waals surface area contributed by atoms with Crippen molar-refractivity contribution in [3.05, 3.63) is 48.5 Å². The van der Waals surface area contributed by atoms with Gasteiger partial charge in [-0.05, 0) is 35.6 Å². The number of amides is 1. The van der Waals surface area contributed by atoms with Crippen LogP contribution in [0.4, 0.5) is 5.69 Å². The van der Waals surface area contributed by atoms with Crippen molar-refractivity contribution in [3.8, 4) is 11.1 Å². The molecule has 0 atom stereocenters. The van der Waals surface area contributed by atoms with Gasteiger partial charge in [-0.25, -0.2) is 0 Å². The summed E-state index contributed by atoms with van der Waals surface area (Å²) in [6.45, 7) is 0. The van der Waals surface area contributed by atoms with Crippen LogP contribution in [0.2, 0.25) is 0 Å². The van der Waals surface area contributed by atoms with Crippen LogP contribution in [0.15, 0.2) is 53.4 Å². The van der Waals surface area contributed by atoms with Gasteiger partial charge in [-0.1, -0.05) is 53.5 Å². The number of hydrogen-bond donors (Lipinski definition) is 1. The Morgan fingerprint density at radius 1 is 1.15 bits per heavy atom. The van der Waals surface area contributed by atoms with Gasteiger partial charge in [-0.2, -0.15) is 0 Å². The first-order valence-electron chi connectivity index (χ1n) is 5.94. The van der Waals surface area contributed by atoms with Gasteiger partial charge in [0.05, 0.1) is 0 Å². The number of carbonyl (C=O) groups excluding carboxylic acids is 1. The first kappa shape index (κ1) is 15.2. The Labute approximate surface area is 132 Å². The number of anilines is 1. The Morgan fingerprint density at radius 3 is 2.60 bits per heavy atom. The van der Waals surface area contributed by atoms with Gasteiger partial charge in [0, 0.05) is 10.6 Å². The summed E-state index contributed by atoms with van der Waals surface area (Å²) in [6, 6.07) is 15.7. The quantitative estimate of drug-likeness (QED) is 0.645. The zero-order valence-corrected chi connectivity index (χ0v) is 13.1. The molecule has 1 N–H and O–H groups in total. The molecule has 0 spiro atoms. The molecule has 5 heteroatoms. The van der Waals surface area contributed by atoms with Crippen LogP contribution in [0, 0.1) is 0 Å². The average molecular weight is 326 g/mol. The molecule has 2 aromatic carbocycles. The normalized spacial score (nSPS) is 10.6. The van der Waals surface area contributed by atoms with E-state index in [0.29, 0.717) is 5.69 Å². The Morgan fingerprint density at radius 2 is 1.90 bits per heavy atom. The fraction of sp³-hybridized carbons (Fsp3) is 0.133. The number of hydrogen-bond acceptors (Lipinski definition) is 2. The molecule has 2 nitrogen and oxygen atoms in total. The maximum Gasteiger partial charge on any atom is 0.257 e. The zero-order valence-electron chi connectivity index (χ0n) is 10.8. The van der Waals surface area contributed by atoms with E-state index in [0.717, 1.165) is 11.1 Å². The lowest BCUT2D eigenvalue weighted by Gasteiger charge is -2.10. The highest BCUT2D eigenvalue weighted by Gasteiger charge is 2.12. The molecule has 0 radical (unpaired) electrons. The van der Waals surface area contributed by atoms with Crippen molar-refractivity contribution in [3.63, 3.8) is 0 Å². The van der Waals surface area contributed by atoms with E-state index < -0.39 is 10.7 Å². The summed E-state index contributed by atoms with van der Waals surface area (Å²) in [5.74, 6) is -0.427. The van der Waals surface area contributed by atoms with E-state index in [1.165, 1.54) is 4.90 Å². The molecule has 0 heterocycles. The minimum Gasteiger partial charge on any atom is -0.324 e. The molecule has 2 rings (SSSR count). The van der Waals surface area contributed by atoms with E-state index >= 15 is 0 Å². The smallest absolute Gasteiger partial charge is 0.257 e. The van der Waals surface area contributed by atoms with Crippen LogP contribution in [0.5, 0.6) is 0 Å². The third-order valence-corrected chi connectivity index (χ3v) is 3.94. The largest absolute Gasteiger partial charge is 0.324 e. The second-order valence-corrected chi connectivity index (χ2v) is 6.02. The average Bonchev–Trinajstić information content (AvgIpc) is 2.47. The summed E-state index contributed by atoms with van der Waals surface area (Å²) in [5, 5.41) is 2.68. The van der Waals surface area contributed by atoms with Gasteiger partial charge in [0.15, 0.2) is 4.84 Å². The Balaban J connectivity index is 2.32. The molecule has 0 saturated heterocycles. The van der Waals surface area contributed by atoms with Crippen LogP contribution >= 0.6 is 35.0 Å². The van der Waals surface area contributed by atoms with Crippen LogP contribution in [-0.2, 0) is 4.79 Å². The molecule has 0 bridgehead atoms. The summed E-state index contributed by atoms with van der Waals surface area (Å²) in [4.78, 5) is 11.6. The van der Waals surface area contributed by atoms with Gasteiger partial charge in [0.25, 0.3) is 5.91 Å². The Bertz CT molecular complexity index is 616. The second-order valence-electron chi connectivity index (χ2n) is 4.07. The number of halogens is 2. The number of thioether (sulfide) groups is 1. The highest BCUT2D eigenvalue weighted by Crippen LogP contribution is 2.31. The van der Waals surface area contributed by atoms with Crippen molar-refractivity contribution in [2.24, 2.45) is 0 Å². The fourth-order valence-corrected chi connectivity index (χ4v) is 2.57. The number of rotatable bonds is 4. The van der Waals surface area contributed by atoms with Gasteiger partial charge < -0.3 is 5.32 Å². The molecule has 0 aliphatic carbocycles. The highest BCUT2D eigenvalue weighted by atomic mass is 35.5. The lowest BCUT2D eigenvalue weighted by molar-refractivity contribution is -0.114. The zero-order chi connectivity index (χ0) is 14.5. The van der Waals surface area contributed by atoms with E-state index in [2.05, 4.69) is 17.4 Å². The molecule has 0 unspecified atom stereocenters. The lowest BCUT2D eigenvalue weighted by Crippen LogP contribution is -2.18. The van der Waals surface area contributed by atoms with Crippen LogP contribution in [0.25, 0.3) is 11.1 Å². The van der Waals surface area contributed by atoms with E-state index in [1.54, 1.807) is 17.8 Å². The SMILES string of the molecule is CSc1ccccc1-c1cccc(NC(=O)C(Cl)Cl)c1. The second kappa shape index (κ2) is 7.02. The molecular weight excluding hydrogens is 313 g/mol. The van der Waals surface area contributed by atoms with Crippen molar-refractivity contribution >= 4 is 46.6 Å².